The summed E-state index contributed by atoms with van der Waals surface area (Å²) in [7, 11) is 0. The van der Waals surface area contributed by atoms with Crippen molar-refractivity contribution in [2.45, 2.75) is 0 Å². The third kappa shape index (κ3) is 4.14. The molecule has 0 aliphatic heterocycles. The second-order valence-electron chi connectivity index (χ2n) is 12.8. The smallest absolute Gasteiger partial charge is 0.164 e. The summed E-state index contributed by atoms with van der Waals surface area (Å²) < 4.78 is 8.74. The Kier molecular flexibility index (Phi) is 5.80. The Hall–Kier alpha value is -6.43. The third-order valence-corrected chi connectivity index (χ3v) is 11.0. The number of hydrogen-bond acceptors (Lipinski definition) is 5. The fraction of sp³-hybridized carbons (Fsp3) is 0. The minimum absolute atomic E-state index is 0.615. The maximum atomic E-state index is 6.26. The highest BCUT2D eigenvalue weighted by atomic mass is 32.1. The van der Waals surface area contributed by atoms with Gasteiger partial charge < -0.3 is 4.42 Å². The predicted octanol–water partition coefficient (Wildman–Crippen LogP) is 12.6. The van der Waals surface area contributed by atoms with Gasteiger partial charge in [0.05, 0.1) is 0 Å². The van der Waals surface area contributed by atoms with E-state index >= 15 is 0 Å². The molecule has 0 unspecified atom stereocenters. The molecule has 3 heterocycles. The molecule has 5 heteroatoms. The van der Waals surface area contributed by atoms with E-state index < -0.39 is 0 Å². The van der Waals surface area contributed by atoms with Gasteiger partial charge in [-0.2, -0.15) is 0 Å². The fourth-order valence-electron chi connectivity index (χ4n) is 7.55. The van der Waals surface area contributed by atoms with E-state index in [2.05, 4.69) is 121 Å². The van der Waals surface area contributed by atoms with Crippen LogP contribution in [0.25, 0.3) is 109 Å². The highest BCUT2D eigenvalue weighted by molar-refractivity contribution is 7.25. The van der Waals surface area contributed by atoms with Crippen molar-refractivity contribution in [1.29, 1.82) is 0 Å². The molecule has 0 N–H and O–H groups in total. The molecule has 232 valence electrons. The number of benzene rings is 8. The number of aromatic nitrogens is 3. The first kappa shape index (κ1) is 27.5. The number of nitrogens with zero attached hydrogens (tertiary/aromatic N) is 3. The number of thiophene rings is 1. The molecule has 0 aliphatic rings. The van der Waals surface area contributed by atoms with E-state index in [1.807, 2.05) is 30.3 Å². The van der Waals surface area contributed by atoms with Crippen LogP contribution in [0, 0.1) is 0 Å². The molecule has 0 spiro atoms. The molecule has 11 aromatic rings. The van der Waals surface area contributed by atoms with Gasteiger partial charge in [0.15, 0.2) is 17.5 Å². The zero-order valence-electron chi connectivity index (χ0n) is 26.6. The van der Waals surface area contributed by atoms with Crippen LogP contribution >= 0.6 is 11.3 Å². The highest BCUT2D eigenvalue weighted by Crippen LogP contribution is 2.39. The Balaban J connectivity index is 1.14. The first-order valence-corrected chi connectivity index (χ1v) is 17.5. The summed E-state index contributed by atoms with van der Waals surface area (Å²) in [6.45, 7) is 0. The van der Waals surface area contributed by atoms with Crippen molar-refractivity contribution in [3.8, 4) is 34.2 Å². The van der Waals surface area contributed by atoms with Crippen LogP contribution in [-0.2, 0) is 0 Å². The average molecular weight is 656 g/mol. The Morgan fingerprint density at radius 3 is 1.84 bits per heavy atom. The van der Waals surface area contributed by atoms with Gasteiger partial charge in [0.2, 0.25) is 0 Å². The molecule has 8 aromatic carbocycles. The van der Waals surface area contributed by atoms with Gasteiger partial charge in [-0.1, -0.05) is 121 Å². The minimum atomic E-state index is 0.615. The highest BCUT2D eigenvalue weighted by Gasteiger charge is 2.19. The molecule has 3 aromatic heterocycles. The van der Waals surface area contributed by atoms with Gasteiger partial charge in [-0.05, 0) is 62.6 Å². The van der Waals surface area contributed by atoms with E-state index in [-0.39, 0.29) is 0 Å². The SMILES string of the molecule is c1ccc2c(c1)ccc1c3ccc(-c4nc(-c5ccc6c(c5)sc5ccccc56)nc(-c5cccc6oc7ccccc7c56)n4)cc3ccc21. The van der Waals surface area contributed by atoms with Crippen LogP contribution in [0.1, 0.15) is 0 Å². The maximum absolute atomic E-state index is 6.26. The lowest BCUT2D eigenvalue weighted by Crippen LogP contribution is -2.00. The monoisotopic (exact) mass is 655 g/mol. The van der Waals surface area contributed by atoms with Gasteiger partial charge in [-0.25, -0.2) is 15.0 Å². The molecular weight excluding hydrogens is 631 g/mol. The van der Waals surface area contributed by atoms with Crippen molar-refractivity contribution in [2.24, 2.45) is 0 Å². The number of fused-ring (bicyclic) bond motifs is 11. The largest absolute Gasteiger partial charge is 0.456 e. The molecule has 0 radical (unpaired) electrons. The van der Waals surface area contributed by atoms with Gasteiger partial charge in [0, 0.05) is 47.6 Å². The van der Waals surface area contributed by atoms with Crippen molar-refractivity contribution in [2.75, 3.05) is 0 Å². The van der Waals surface area contributed by atoms with Gasteiger partial charge >= 0.3 is 0 Å². The zero-order valence-corrected chi connectivity index (χ0v) is 27.4. The Labute approximate surface area is 289 Å². The molecule has 0 saturated heterocycles. The van der Waals surface area contributed by atoms with E-state index in [1.165, 1.54) is 47.1 Å². The molecule has 11 rings (SSSR count). The summed E-state index contributed by atoms with van der Waals surface area (Å²) in [5.74, 6) is 1.88. The molecule has 50 heavy (non-hydrogen) atoms. The molecule has 0 amide bonds. The summed E-state index contributed by atoms with van der Waals surface area (Å²) in [5.41, 5.74) is 4.46. The molecule has 4 nitrogen and oxygen atoms in total. The number of rotatable bonds is 3. The van der Waals surface area contributed by atoms with E-state index in [9.17, 15) is 0 Å². The second kappa shape index (κ2) is 10.5. The number of hydrogen-bond donors (Lipinski definition) is 0. The summed E-state index contributed by atoms with van der Waals surface area (Å²) in [6.07, 6.45) is 0. The second-order valence-corrected chi connectivity index (χ2v) is 13.9. The summed E-state index contributed by atoms with van der Waals surface area (Å²) in [6, 6.07) is 53.4. The number of furan rings is 1. The van der Waals surface area contributed by atoms with E-state index in [4.69, 9.17) is 19.4 Å². The topological polar surface area (TPSA) is 51.8 Å². The zero-order chi connectivity index (χ0) is 32.8. The summed E-state index contributed by atoms with van der Waals surface area (Å²) in [4.78, 5) is 15.5. The van der Waals surface area contributed by atoms with Crippen LogP contribution in [-0.4, -0.2) is 15.0 Å². The lowest BCUT2D eigenvalue weighted by Gasteiger charge is -2.11. The molecular formula is C45H25N3OS. The van der Waals surface area contributed by atoms with Crippen LogP contribution in [0.15, 0.2) is 156 Å². The summed E-state index contributed by atoms with van der Waals surface area (Å²) >= 11 is 1.80. The normalized spacial score (nSPS) is 12.0. The van der Waals surface area contributed by atoms with Crippen molar-refractivity contribution in [3.05, 3.63) is 152 Å². The van der Waals surface area contributed by atoms with Gasteiger partial charge in [-0.15, -0.1) is 11.3 Å². The molecule has 0 bridgehead atoms. The first-order valence-electron chi connectivity index (χ1n) is 16.7. The van der Waals surface area contributed by atoms with Crippen LogP contribution in [0.4, 0.5) is 0 Å². The Morgan fingerprint density at radius 2 is 0.980 bits per heavy atom. The van der Waals surface area contributed by atoms with Crippen molar-refractivity contribution >= 4 is 85.8 Å². The summed E-state index contributed by atoms with van der Waals surface area (Å²) in [5, 5.41) is 11.9. The van der Waals surface area contributed by atoms with Crippen molar-refractivity contribution in [3.63, 3.8) is 0 Å². The quantitative estimate of drug-likeness (QED) is 0.178. The van der Waals surface area contributed by atoms with Gasteiger partial charge in [0.25, 0.3) is 0 Å². The van der Waals surface area contributed by atoms with Crippen LogP contribution in [0.5, 0.6) is 0 Å². The van der Waals surface area contributed by atoms with Gasteiger partial charge in [-0.3, -0.25) is 0 Å². The van der Waals surface area contributed by atoms with E-state index in [1.54, 1.807) is 11.3 Å². The predicted molar refractivity (Wildman–Crippen MR) is 209 cm³/mol. The molecule has 0 fully saturated rings. The molecule has 0 atom stereocenters. The Morgan fingerprint density at radius 1 is 0.380 bits per heavy atom. The lowest BCUT2D eigenvalue weighted by molar-refractivity contribution is 0.669. The molecule has 0 aliphatic carbocycles. The lowest BCUT2D eigenvalue weighted by atomic mass is 9.96. The third-order valence-electron chi connectivity index (χ3n) is 9.92. The fourth-order valence-corrected chi connectivity index (χ4v) is 8.69. The van der Waals surface area contributed by atoms with E-state index in [0.717, 1.165) is 44.0 Å². The van der Waals surface area contributed by atoms with Crippen LogP contribution < -0.4 is 0 Å². The standard InChI is InChI=1S/C45H25N3OS/c1-2-9-30-26(8-1)16-21-33-31-20-18-28(24-27(31)17-22-32(30)33)43-46-44(29-19-23-35-34-10-4-6-15-40(34)50-41(35)25-29)48-45(47-43)37-12-7-14-39-42(37)36-11-3-5-13-38(36)49-39/h1-25H. The average Bonchev–Trinajstić information content (AvgIpc) is 3.75. The van der Waals surface area contributed by atoms with Crippen molar-refractivity contribution < 1.29 is 4.42 Å². The first-order chi connectivity index (χ1) is 24.7. The molecule has 0 saturated carbocycles. The maximum Gasteiger partial charge on any atom is 0.164 e. The van der Waals surface area contributed by atoms with Crippen LogP contribution in [0.2, 0.25) is 0 Å². The van der Waals surface area contributed by atoms with Crippen LogP contribution in [0.3, 0.4) is 0 Å². The Bertz CT molecular complexity index is 3170. The van der Waals surface area contributed by atoms with Gasteiger partial charge in [0.1, 0.15) is 11.2 Å². The number of para-hydroxylation sites is 1. The van der Waals surface area contributed by atoms with E-state index in [0.29, 0.717) is 17.5 Å². The minimum Gasteiger partial charge on any atom is -0.456 e. The van der Waals surface area contributed by atoms with Crippen molar-refractivity contribution in [1.82, 2.24) is 15.0 Å².